The fourth-order valence-corrected chi connectivity index (χ4v) is 4.49. The van der Waals surface area contributed by atoms with Gasteiger partial charge in [0.15, 0.2) is 23.0 Å². The second kappa shape index (κ2) is 7.91. The standard InChI is InChI=1S/C25H26N2O5/c1-26(2)8-5-9-27-24-16(7-6-15-10-22-23(11-17(15)24)32-14-31-22)18-12-20(29-3)21(30-4)13-19(18)25(27)28/h6-7,10-13H,5,8-9,14H2,1-4H3. The summed E-state index contributed by atoms with van der Waals surface area (Å²) in [6, 6.07) is 11.8. The second-order valence-corrected chi connectivity index (χ2v) is 8.25. The van der Waals surface area contributed by atoms with E-state index in [0.717, 1.165) is 45.8 Å². The number of hydrogen-bond acceptors (Lipinski definition) is 6. The smallest absolute Gasteiger partial charge is 0.259 e. The summed E-state index contributed by atoms with van der Waals surface area (Å²) >= 11 is 0. The van der Waals surface area contributed by atoms with Crippen molar-refractivity contribution in [3.05, 3.63) is 46.8 Å². The molecule has 0 fully saturated rings. The van der Waals surface area contributed by atoms with E-state index in [1.54, 1.807) is 20.3 Å². The molecule has 166 valence electrons. The van der Waals surface area contributed by atoms with E-state index in [1.165, 1.54) is 0 Å². The van der Waals surface area contributed by atoms with Crippen molar-refractivity contribution in [1.82, 2.24) is 9.47 Å². The lowest BCUT2D eigenvalue weighted by Crippen LogP contribution is -2.24. The number of nitrogens with zero attached hydrogens (tertiary/aromatic N) is 2. The van der Waals surface area contributed by atoms with Gasteiger partial charge in [-0.1, -0.05) is 12.1 Å². The van der Waals surface area contributed by atoms with Gasteiger partial charge >= 0.3 is 0 Å². The highest BCUT2D eigenvalue weighted by Gasteiger charge is 2.20. The van der Waals surface area contributed by atoms with Crippen molar-refractivity contribution in [3.8, 4) is 23.0 Å². The number of fused-ring (bicyclic) bond motifs is 6. The molecule has 32 heavy (non-hydrogen) atoms. The molecule has 0 unspecified atom stereocenters. The van der Waals surface area contributed by atoms with E-state index in [-0.39, 0.29) is 12.4 Å². The molecule has 0 saturated carbocycles. The van der Waals surface area contributed by atoms with Crippen molar-refractivity contribution in [2.75, 3.05) is 41.7 Å². The summed E-state index contributed by atoms with van der Waals surface area (Å²) < 4.78 is 24.1. The molecular weight excluding hydrogens is 408 g/mol. The Morgan fingerprint density at radius 3 is 2.28 bits per heavy atom. The molecule has 1 aliphatic heterocycles. The number of pyridine rings is 1. The van der Waals surface area contributed by atoms with Crippen LogP contribution in [0.5, 0.6) is 23.0 Å². The van der Waals surface area contributed by atoms with Gasteiger partial charge in [0.25, 0.3) is 5.56 Å². The highest BCUT2D eigenvalue weighted by Crippen LogP contribution is 2.41. The maximum absolute atomic E-state index is 13.8. The summed E-state index contributed by atoms with van der Waals surface area (Å²) in [4.78, 5) is 15.9. The van der Waals surface area contributed by atoms with Gasteiger partial charge in [-0.15, -0.1) is 0 Å². The Labute approximate surface area is 185 Å². The Kier molecular flexibility index (Phi) is 5.06. The SMILES string of the molecule is COc1cc2c(=O)n(CCCN(C)C)c3c4cc5c(cc4ccc3c2cc1OC)OCO5. The van der Waals surface area contributed by atoms with Crippen LogP contribution in [0.4, 0.5) is 0 Å². The average molecular weight is 434 g/mol. The third-order valence-corrected chi connectivity index (χ3v) is 6.03. The van der Waals surface area contributed by atoms with Gasteiger partial charge in [-0.2, -0.15) is 0 Å². The Hall–Kier alpha value is -3.45. The average Bonchev–Trinajstić information content (AvgIpc) is 3.25. The van der Waals surface area contributed by atoms with Crippen LogP contribution < -0.4 is 24.5 Å². The molecule has 4 aromatic rings. The molecule has 2 heterocycles. The van der Waals surface area contributed by atoms with Gasteiger partial charge in [-0.3, -0.25) is 4.79 Å². The topological polar surface area (TPSA) is 62.2 Å². The monoisotopic (exact) mass is 434 g/mol. The molecule has 0 saturated heterocycles. The van der Waals surface area contributed by atoms with E-state index in [1.807, 2.05) is 36.9 Å². The third kappa shape index (κ3) is 3.20. The van der Waals surface area contributed by atoms with Gasteiger partial charge in [0.05, 0.1) is 25.1 Å². The van der Waals surface area contributed by atoms with Crippen LogP contribution in [0.25, 0.3) is 32.4 Å². The molecule has 0 atom stereocenters. The maximum Gasteiger partial charge on any atom is 0.259 e. The van der Waals surface area contributed by atoms with Gasteiger partial charge in [-0.25, -0.2) is 0 Å². The number of rotatable bonds is 6. The fourth-order valence-electron chi connectivity index (χ4n) is 4.49. The van der Waals surface area contributed by atoms with Crippen molar-refractivity contribution in [2.24, 2.45) is 0 Å². The van der Waals surface area contributed by atoms with Crippen LogP contribution in [0, 0.1) is 0 Å². The Bertz CT molecular complexity index is 1410. The summed E-state index contributed by atoms with van der Waals surface area (Å²) in [7, 11) is 7.25. The number of hydrogen-bond donors (Lipinski definition) is 0. The Balaban J connectivity index is 1.88. The zero-order valence-electron chi connectivity index (χ0n) is 18.7. The highest BCUT2D eigenvalue weighted by atomic mass is 16.7. The maximum atomic E-state index is 13.8. The molecule has 0 spiro atoms. The quantitative estimate of drug-likeness (QED) is 0.428. The molecule has 0 N–H and O–H groups in total. The van der Waals surface area contributed by atoms with Crippen molar-refractivity contribution >= 4 is 32.4 Å². The number of ether oxygens (including phenoxy) is 4. The fraction of sp³-hybridized carbons (Fsp3) is 0.320. The van der Waals surface area contributed by atoms with Crippen LogP contribution in [-0.4, -0.2) is 51.1 Å². The molecule has 0 radical (unpaired) electrons. The molecule has 7 nitrogen and oxygen atoms in total. The van der Waals surface area contributed by atoms with Crippen molar-refractivity contribution in [2.45, 2.75) is 13.0 Å². The normalized spacial score (nSPS) is 12.9. The first-order valence-corrected chi connectivity index (χ1v) is 10.6. The number of benzene rings is 3. The summed E-state index contributed by atoms with van der Waals surface area (Å²) in [6.45, 7) is 1.69. The summed E-state index contributed by atoms with van der Waals surface area (Å²) in [5.74, 6) is 2.56. The molecule has 0 bridgehead atoms. The van der Waals surface area contributed by atoms with Crippen LogP contribution in [0.15, 0.2) is 41.2 Å². The molecule has 3 aromatic carbocycles. The van der Waals surface area contributed by atoms with Crippen LogP contribution >= 0.6 is 0 Å². The highest BCUT2D eigenvalue weighted by molar-refractivity contribution is 6.16. The van der Waals surface area contributed by atoms with Crippen LogP contribution in [0.1, 0.15) is 6.42 Å². The number of aryl methyl sites for hydroxylation is 1. The van der Waals surface area contributed by atoms with Gasteiger partial charge in [-0.05, 0) is 56.7 Å². The third-order valence-electron chi connectivity index (χ3n) is 6.03. The van der Waals surface area contributed by atoms with Crippen LogP contribution in [0.3, 0.4) is 0 Å². The molecule has 0 aliphatic carbocycles. The lowest BCUT2D eigenvalue weighted by atomic mass is 9.99. The minimum Gasteiger partial charge on any atom is -0.493 e. The van der Waals surface area contributed by atoms with E-state index >= 15 is 0 Å². The van der Waals surface area contributed by atoms with Crippen molar-refractivity contribution in [3.63, 3.8) is 0 Å². The molecular formula is C25H26N2O5. The molecule has 0 amide bonds. The first-order valence-electron chi connectivity index (χ1n) is 10.6. The number of aromatic nitrogens is 1. The predicted molar refractivity (Wildman–Crippen MR) is 126 cm³/mol. The largest absolute Gasteiger partial charge is 0.493 e. The summed E-state index contributed by atoms with van der Waals surface area (Å²) in [5.41, 5.74) is 0.849. The first-order chi connectivity index (χ1) is 15.5. The van der Waals surface area contributed by atoms with E-state index < -0.39 is 0 Å². The van der Waals surface area contributed by atoms with Crippen molar-refractivity contribution in [1.29, 1.82) is 0 Å². The second-order valence-electron chi connectivity index (χ2n) is 8.25. The summed E-state index contributed by atoms with van der Waals surface area (Å²) in [5, 5.41) is 4.40. The lowest BCUT2D eigenvalue weighted by molar-refractivity contribution is 0.174. The van der Waals surface area contributed by atoms with E-state index in [0.29, 0.717) is 29.2 Å². The first kappa shape index (κ1) is 20.5. The van der Waals surface area contributed by atoms with Crippen LogP contribution in [0.2, 0.25) is 0 Å². The Morgan fingerprint density at radius 1 is 0.906 bits per heavy atom. The lowest BCUT2D eigenvalue weighted by Gasteiger charge is -2.18. The molecule has 1 aromatic heterocycles. The van der Waals surface area contributed by atoms with Gasteiger partial charge < -0.3 is 28.4 Å². The Morgan fingerprint density at radius 2 is 1.59 bits per heavy atom. The number of methoxy groups -OCH3 is 2. The molecule has 1 aliphatic rings. The molecule has 7 heteroatoms. The van der Waals surface area contributed by atoms with Gasteiger partial charge in [0, 0.05) is 22.7 Å². The minimum absolute atomic E-state index is 0.0441. The van der Waals surface area contributed by atoms with Gasteiger partial charge in [0.2, 0.25) is 6.79 Å². The van der Waals surface area contributed by atoms with E-state index in [9.17, 15) is 4.79 Å². The van der Waals surface area contributed by atoms with Gasteiger partial charge in [0.1, 0.15) is 0 Å². The summed E-state index contributed by atoms with van der Waals surface area (Å²) in [6.07, 6.45) is 0.849. The zero-order chi connectivity index (χ0) is 22.4. The minimum atomic E-state index is -0.0441. The van der Waals surface area contributed by atoms with Crippen LogP contribution in [-0.2, 0) is 6.54 Å². The molecule has 5 rings (SSSR count). The van der Waals surface area contributed by atoms with E-state index in [2.05, 4.69) is 17.0 Å². The van der Waals surface area contributed by atoms with E-state index in [4.69, 9.17) is 18.9 Å². The predicted octanol–water partition coefficient (Wildman–Crippen LogP) is 4.01. The zero-order valence-corrected chi connectivity index (χ0v) is 18.7. The van der Waals surface area contributed by atoms with Crippen molar-refractivity contribution < 1.29 is 18.9 Å².